The summed E-state index contributed by atoms with van der Waals surface area (Å²) in [6.07, 6.45) is 4.65. The Balaban J connectivity index is 2.26. The number of hydrogen-bond donors (Lipinski definition) is 1. The number of fused-ring (bicyclic) bond motifs is 1. The Bertz CT molecular complexity index is 291. The van der Waals surface area contributed by atoms with Crippen LogP contribution in [0, 0.1) is 11.8 Å². The molecule has 0 unspecified atom stereocenters. The van der Waals surface area contributed by atoms with Gasteiger partial charge in [-0.15, -0.1) is 0 Å². The van der Waals surface area contributed by atoms with E-state index in [-0.39, 0.29) is 17.6 Å². The Kier molecular flexibility index (Phi) is 1.94. The third-order valence-corrected chi connectivity index (χ3v) is 3.05. The van der Waals surface area contributed by atoms with Gasteiger partial charge in [0, 0.05) is 12.3 Å². The first-order valence-corrected chi connectivity index (χ1v) is 4.66. The minimum Gasteiger partial charge on any atom is -0.481 e. The van der Waals surface area contributed by atoms with Crippen molar-refractivity contribution >= 4 is 11.8 Å². The zero-order valence-electron chi connectivity index (χ0n) is 7.32. The van der Waals surface area contributed by atoms with E-state index in [0.29, 0.717) is 12.8 Å². The van der Waals surface area contributed by atoms with Gasteiger partial charge < -0.3 is 5.11 Å². The van der Waals surface area contributed by atoms with E-state index in [1.807, 2.05) is 6.08 Å². The van der Waals surface area contributed by atoms with Gasteiger partial charge in [0.25, 0.3) is 0 Å². The van der Waals surface area contributed by atoms with Crippen molar-refractivity contribution in [2.24, 2.45) is 11.8 Å². The van der Waals surface area contributed by atoms with E-state index in [0.717, 1.165) is 18.4 Å². The molecule has 1 fully saturated rings. The summed E-state index contributed by atoms with van der Waals surface area (Å²) in [7, 11) is 0. The summed E-state index contributed by atoms with van der Waals surface area (Å²) in [5.41, 5.74) is 0.790. The quantitative estimate of drug-likeness (QED) is 0.663. The van der Waals surface area contributed by atoms with Crippen LogP contribution >= 0.6 is 0 Å². The van der Waals surface area contributed by atoms with Crippen molar-refractivity contribution in [3.63, 3.8) is 0 Å². The molecule has 0 radical (unpaired) electrons. The topological polar surface area (TPSA) is 54.4 Å². The van der Waals surface area contributed by atoms with E-state index in [1.165, 1.54) is 0 Å². The first-order valence-electron chi connectivity index (χ1n) is 4.66. The van der Waals surface area contributed by atoms with Crippen LogP contribution in [0.4, 0.5) is 0 Å². The van der Waals surface area contributed by atoms with Crippen molar-refractivity contribution < 1.29 is 14.7 Å². The summed E-state index contributed by atoms with van der Waals surface area (Å²) in [6.45, 7) is 0. The molecule has 0 aromatic carbocycles. The van der Waals surface area contributed by atoms with Crippen LogP contribution in [0.3, 0.4) is 0 Å². The van der Waals surface area contributed by atoms with Crippen molar-refractivity contribution in [1.29, 1.82) is 0 Å². The number of carbonyl (C=O) groups excluding carboxylic acids is 1. The lowest BCUT2D eigenvalue weighted by molar-refractivity contribution is -0.143. The summed E-state index contributed by atoms with van der Waals surface area (Å²) >= 11 is 0. The highest BCUT2D eigenvalue weighted by molar-refractivity contribution is 5.99. The molecule has 3 nitrogen and oxygen atoms in total. The van der Waals surface area contributed by atoms with Crippen LogP contribution in [0.1, 0.15) is 25.7 Å². The maximum atomic E-state index is 11.3. The molecule has 0 amide bonds. The van der Waals surface area contributed by atoms with Crippen molar-refractivity contribution in [2.45, 2.75) is 25.7 Å². The largest absolute Gasteiger partial charge is 0.481 e. The summed E-state index contributed by atoms with van der Waals surface area (Å²) in [5.74, 6) is -0.883. The van der Waals surface area contributed by atoms with Crippen LogP contribution in [-0.2, 0) is 9.59 Å². The lowest BCUT2D eigenvalue weighted by Gasteiger charge is -2.23. The van der Waals surface area contributed by atoms with Gasteiger partial charge in [0.05, 0.1) is 5.92 Å². The van der Waals surface area contributed by atoms with Crippen LogP contribution in [0.15, 0.2) is 11.6 Å². The van der Waals surface area contributed by atoms with E-state index < -0.39 is 5.97 Å². The van der Waals surface area contributed by atoms with Crippen LogP contribution < -0.4 is 0 Å². The number of hydrogen-bond acceptors (Lipinski definition) is 2. The monoisotopic (exact) mass is 180 g/mol. The first kappa shape index (κ1) is 8.48. The predicted molar refractivity (Wildman–Crippen MR) is 46.2 cm³/mol. The highest BCUT2D eigenvalue weighted by Crippen LogP contribution is 2.39. The summed E-state index contributed by atoms with van der Waals surface area (Å²) < 4.78 is 0. The fourth-order valence-corrected chi connectivity index (χ4v) is 2.39. The Hall–Kier alpha value is -1.12. The van der Waals surface area contributed by atoms with Gasteiger partial charge in [-0.25, -0.2) is 0 Å². The molecule has 0 aromatic rings. The number of rotatable bonds is 1. The van der Waals surface area contributed by atoms with Gasteiger partial charge in [0.2, 0.25) is 0 Å². The fraction of sp³-hybridized carbons (Fsp3) is 0.600. The molecule has 1 saturated carbocycles. The lowest BCUT2D eigenvalue weighted by atomic mass is 9.80. The van der Waals surface area contributed by atoms with Gasteiger partial charge in [0.15, 0.2) is 5.78 Å². The number of carboxylic acids is 1. The molecule has 2 aliphatic carbocycles. The third kappa shape index (κ3) is 1.28. The second kappa shape index (κ2) is 2.98. The first-order chi connectivity index (χ1) is 6.20. The number of allylic oxidation sites excluding steroid dienone is 2. The van der Waals surface area contributed by atoms with Gasteiger partial charge in [-0.1, -0.05) is 6.08 Å². The molecule has 0 saturated heterocycles. The molecule has 2 atom stereocenters. The standard InChI is InChI=1S/C10H12O3/c11-9-5-4-6-7(9)2-1-3-8(6)10(12)13/h2,6,8H,1,3-5H2,(H,12,13)/t6-,8+/m1/s1. The minimum atomic E-state index is -0.745. The SMILES string of the molecule is O=C1CC[C@@H]2C1=CCC[C@@H]2C(=O)O. The smallest absolute Gasteiger partial charge is 0.307 e. The number of carbonyl (C=O) groups is 2. The molecule has 2 aliphatic rings. The summed E-state index contributed by atoms with van der Waals surface area (Å²) in [5, 5.41) is 8.93. The Labute approximate surface area is 76.4 Å². The lowest BCUT2D eigenvalue weighted by Crippen LogP contribution is -2.26. The normalized spacial score (nSPS) is 32.6. The molecule has 70 valence electrons. The van der Waals surface area contributed by atoms with Gasteiger partial charge >= 0.3 is 5.97 Å². The molecule has 3 heteroatoms. The van der Waals surface area contributed by atoms with Gasteiger partial charge in [-0.2, -0.15) is 0 Å². The fourth-order valence-electron chi connectivity index (χ4n) is 2.39. The molecule has 0 bridgehead atoms. The van der Waals surface area contributed by atoms with E-state index >= 15 is 0 Å². The van der Waals surface area contributed by atoms with Gasteiger partial charge in [-0.3, -0.25) is 9.59 Å². The molecular weight excluding hydrogens is 168 g/mol. The summed E-state index contributed by atoms with van der Waals surface area (Å²) in [6, 6.07) is 0. The van der Waals surface area contributed by atoms with E-state index in [4.69, 9.17) is 5.11 Å². The van der Waals surface area contributed by atoms with E-state index in [1.54, 1.807) is 0 Å². The van der Waals surface area contributed by atoms with Gasteiger partial charge in [-0.05, 0) is 24.8 Å². The number of Topliss-reactive ketones (excluding diaryl/α,β-unsaturated/α-hetero) is 1. The number of carboxylic acid groups (broad SMARTS) is 1. The Morgan fingerprint density at radius 2 is 2.23 bits per heavy atom. The maximum absolute atomic E-state index is 11.3. The number of aliphatic carboxylic acids is 1. The number of ketones is 1. The third-order valence-electron chi connectivity index (χ3n) is 3.05. The molecule has 13 heavy (non-hydrogen) atoms. The molecule has 0 spiro atoms. The molecule has 2 rings (SSSR count). The van der Waals surface area contributed by atoms with Crippen LogP contribution in [0.5, 0.6) is 0 Å². The Morgan fingerprint density at radius 3 is 2.92 bits per heavy atom. The predicted octanol–water partition coefficient (Wildman–Crippen LogP) is 1.39. The van der Waals surface area contributed by atoms with Crippen molar-refractivity contribution in [3.8, 4) is 0 Å². The highest BCUT2D eigenvalue weighted by atomic mass is 16.4. The average molecular weight is 180 g/mol. The summed E-state index contributed by atoms with van der Waals surface area (Å²) in [4.78, 5) is 22.2. The molecule has 0 heterocycles. The molecule has 0 aromatic heterocycles. The van der Waals surface area contributed by atoms with Gasteiger partial charge in [0.1, 0.15) is 0 Å². The minimum absolute atomic E-state index is 0.0127. The van der Waals surface area contributed by atoms with E-state index in [2.05, 4.69) is 0 Å². The van der Waals surface area contributed by atoms with Crippen molar-refractivity contribution in [3.05, 3.63) is 11.6 Å². The highest BCUT2D eigenvalue weighted by Gasteiger charge is 2.39. The Morgan fingerprint density at radius 1 is 1.46 bits per heavy atom. The zero-order valence-corrected chi connectivity index (χ0v) is 7.32. The van der Waals surface area contributed by atoms with Crippen molar-refractivity contribution in [1.82, 2.24) is 0 Å². The van der Waals surface area contributed by atoms with Crippen molar-refractivity contribution in [2.75, 3.05) is 0 Å². The van der Waals surface area contributed by atoms with Crippen LogP contribution in [0.2, 0.25) is 0 Å². The zero-order chi connectivity index (χ0) is 9.42. The van der Waals surface area contributed by atoms with Crippen LogP contribution in [0.25, 0.3) is 0 Å². The second-order valence-corrected chi connectivity index (χ2v) is 3.75. The van der Waals surface area contributed by atoms with E-state index in [9.17, 15) is 9.59 Å². The van der Waals surface area contributed by atoms with Crippen LogP contribution in [-0.4, -0.2) is 16.9 Å². The molecule has 0 aliphatic heterocycles. The molecule has 1 N–H and O–H groups in total. The second-order valence-electron chi connectivity index (χ2n) is 3.75. The maximum Gasteiger partial charge on any atom is 0.307 e. The molecular formula is C10H12O3. The average Bonchev–Trinajstić information content (AvgIpc) is 2.48.